The summed E-state index contributed by atoms with van der Waals surface area (Å²) in [5.41, 5.74) is 4.66. The number of nitrogen functional groups attached to an aromatic ring is 1. The van der Waals surface area contributed by atoms with Crippen LogP contribution in [0.5, 0.6) is 0 Å². The molecule has 17 heteroatoms. The molecule has 6 N–H and O–H groups in total. The van der Waals surface area contributed by atoms with Gasteiger partial charge in [0.25, 0.3) is 5.56 Å². The molecule has 0 amide bonds. The van der Waals surface area contributed by atoms with Crippen LogP contribution in [-0.4, -0.2) is 65.4 Å². The molecular formula is C11H15N5O10P2-2. The molecule has 3 rings (SSSR count). The van der Waals surface area contributed by atoms with Gasteiger partial charge in [0.1, 0.15) is 33.5 Å². The quantitative estimate of drug-likeness (QED) is 0.273. The third kappa shape index (κ3) is 4.33. The van der Waals surface area contributed by atoms with Gasteiger partial charge in [-0.2, -0.15) is 4.98 Å². The Kier molecular flexibility index (Phi) is 5.49. The average molecular weight is 439 g/mol. The molecule has 2 aromatic rings. The molecule has 28 heavy (non-hydrogen) atoms. The summed E-state index contributed by atoms with van der Waals surface area (Å²) < 4.78 is 33.2. The maximum absolute atomic E-state index is 11.8. The minimum absolute atomic E-state index is 0.0545. The molecule has 0 spiro atoms. The minimum atomic E-state index is -5.13. The van der Waals surface area contributed by atoms with Crippen LogP contribution in [0.15, 0.2) is 11.1 Å². The lowest BCUT2D eigenvalue weighted by Crippen LogP contribution is -2.34. The van der Waals surface area contributed by atoms with E-state index in [9.17, 15) is 33.9 Å². The Labute approximate surface area is 155 Å². The van der Waals surface area contributed by atoms with Gasteiger partial charge in [-0.25, -0.2) is 4.98 Å². The van der Waals surface area contributed by atoms with Crippen molar-refractivity contribution in [1.82, 2.24) is 19.5 Å². The number of H-pyrrole nitrogens is 1. The van der Waals surface area contributed by atoms with Crippen molar-refractivity contribution in [2.45, 2.75) is 24.5 Å². The number of aliphatic hydroxyl groups excluding tert-OH is 2. The van der Waals surface area contributed by atoms with Crippen LogP contribution in [0.25, 0.3) is 11.2 Å². The topological polar surface area (TPSA) is 249 Å². The Hall–Kier alpha value is -1.67. The van der Waals surface area contributed by atoms with Gasteiger partial charge in [0.15, 0.2) is 17.4 Å². The zero-order chi connectivity index (χ0) is 20.9. The van der Waals surface area contributed by atoms with Gasteiger partial charge >= 0.3 is 0 Å². The lowest BCUT2D eigenvalue weighted by molar-refractivity contribution is -0.207. The fraction of sp³-hybridized carbons (Fsp3) is 0.545. The maximum Gasteiger partial charge on any atom is 0.280 e. The van der Waals surface area contributed by atoms with Gasteiger partial charge in [-0.3, -0.25) is 14.3 Å². The molecule has 1 aliphatic heterocycles. The smallest absolute Gasteiger partial charge is 0.280 e. The van der Waals surface area contributed by atoms with Crippen molar-refractivity contribution < 1.29 is 43.3 Å². The number of aromatic amines is 1. The molecule has 0 radical (unpaired) electrons. The summed E-state index contributed by atoms with van der Waals surface area (Å²) in [6.45, 7) is -0.835. The number of ether oxygens (including phenoxy) is 1. The number of aromatic nitrogens is 4. The Bertz CT molecular complexity index is 1030. The second kappa shape index (κ2) is 7.30. The highest BCUT2D eigenvalue weighted by Gasteiger charge is 2.45. The highest BCUT2D eigenvalue weighted by molar-refractivity contribution is 7.68. The normalized spacial score (nSPS) is 29.6. The van der Waals surface area contributed by atoms with Crippen molar-refractivity contribution in [3.63, 3.8) is 0 Å². The van der Waals surface area contributed by atoms with Gasteiger partial charge in [-0.05, 0) is 0 Å². The molecular weight excluding hydrogens is 424 g/mol. The van der Waals surface area contributed by atoms with Crippen molar-refractivity contribution in [2.24, 2.45) is 0 Å². The molecule has 6 atom stereocenters. The largest absolute Gasteiger partial charge is 0.778 e. The molecule has 3 heterocycles. The lowest BCUT2D eigenvalue weighted by atomic mass is 10.1. The van der Waals surface area contributed by atoms with Crippen molar-refractivity contribution in [3.05, 3.63) is 16.7 Å². The monoisotopic (exact) mass is 439 g/mol. The predicted octanol–water partition coefficient (Wildman–Crippen LogP) is -3.61. The molecule has 0 aromatic carbocycles. The first-order valence-electron chi connectivity index (χ1n) is 7.59. The number of aliphatic hydroxyl groups is 2. The number of rotatable bonds is 6. The van der Waals surface area contributed by atoms with Gasteiger partial charge in [-0.1, -0.05) is 0 Å². The third-order valence-electron chi connectivity index (χ3n) is 3.85. The van der Waals surface area contributed by atoms with E-state index in [-0.39, 0.29) is 17.1 Å². The molecule has 1 fully saturated rings. The SMILES string of the molecule is Nc1nc2c(ncn2C2OC(COP(=O)([O-])CP(=O)([O-])O)C(O)C2O)c(=O)[nH]1. The van der Waals surface area contributed by atoms with E-state index in [0.717, 1.165) is 10.9 Å². The third-order valence-corrected chi connectivity index (χ3v) is 7.21. The van der Waals surface area contributed by atoms with Crippen LogP contribution >= 0.6 is 15.2 Å². The number of hydrogen-bond donors (Lipinski definition) is 5. The first-order valence-corrected chi connectivity index (χ1v) is 11.1. The van der Waals surface area contributed by atoms with Crippen molar-refractivity contribution >= 4 is 32.3 Å². The zero-order valence-electron chi connectivity index (χ0n) is 13.8. The van der Waals surface area contributed by atoms with E-state index >= 15 is 0 Å². The standard InChI is InChI=1S/C11H17N5O10P2/c12-11-14-8-5(9(19)15-11)13-2-16(8)10-7(18)6(17)4(26-10)1-25-28(23,24)3-27(20,21)22/h2,4,6-7,10,17-18H,1,3H2,(H,23,24)(H2,20,21,22)(H3,12,14,15,19)/p-2. The molecule has 0 aliphatic carbocycles. The number of nitrogens with one attached hydrogen (secondary N) is 1. The highest BCUT2D eigenvalue weighted by atomic mass is 31.2. The number of nitrogens with zero attached hydrogens (tertiary/aromatic N) is 3. The molecule has 1 saturated heterocycles. The highest BCUT2D eigenvalue weighted by Crippen LogP contribution is 2.50. The minimum Gasteiger partial charge on any atom is -0.778 e. The first kappa shape index (κ1) is 21.0. The molecule has 15 nitrogen and oxygen atoms in total. The zero-order valence-corrected chi connectivity index (χ0v) is 15.6. The van der Waals surface area contributed by atoms with Crippen LogP contribution in [0.4, 0.5) is 5.95 Å². The summed E-state index contributed by atoms with van der Waals surface area (Å²) in [5, 5.41) is 20.3. The van der Waals surface area contributed by atoms with Crippen LogP contribution in [-0.2, 0) is 18.4 Å². The van der Waals surface area contributed by atoms with Crippen LogP contribution in [0.3, 0.4) is 0 Å². The van der Waals surface area contributed by atoms with Crippen molar-refractivity contribution in [3.8, 4) is 0 Å². The van der Waals surface area contributed by atoms with Gasteiger partial charge in [0.05, 0.1) is 18.8 Å². The van der Waals surface area contributed by atoms with E-state index in [1.807, 2.05) is 0 Å². The summed E-state index contributed by atoms with van der Waals surface area (Å²) >= 11 is 0. The summed E-state index contributed by atoms with van der Waals surface area (Å²) in [6, 6.07) is 0. The van der Waals surface area contributed by atoms with Crippen LogP contribution in [0.1, 0.15) is 6.23 Å². The van der Waals surface area contributed by atoms with Crippen molar-refractivity contribution in [1.29, 1.82) is 0 Å². The van der Waals surface area contributed by atoms with E-state index in [1.54, 1.807) is 0 Å². The van der Waals surface area contributed by atoms with Gasteiger partial charge in [-0.15, -0.1) is 0 Å². The Morgan fingerprint density at radius 2 is 2.04 bits per heavy atom. The molecule has 0 saturated carbocycles. The maximum atomic E-state index is 11.8. The molecule has 2 aromatic heterocycles. The molecule has 156 valence electrons. The Morgan fingerprint density at radius 3 is 2.68 bits per heavy atom. The number of anilines is 1. The summed E-state index contributed by atoms with van der Waals surface area (Å²) in [4.78, 5) is 52.6. The van der Waals surface area contributed by atoms with E-state index in [4.69, 9.17) is 15.4 Å². The summed E-state index contributed by atoms with van der Waals surface area (Å²) in [5.74, 6) is -1.86. The number of hydrogen-bond acceptors (Lipinski definition) is 12. The summed E-state index contributed by atoms with van der Waals surface area (Å²) in [6.07, 6.45) is -4.83. The van der Waals surface area contributed by atoms with Crippen LogP contribution in [0, 0.1) is 0 Å². The molecule has 1 aliphatic rings. The fourth-order valence-electron chi connectivity index (χ4n) is 2.67. The summed E-state index contributed by atoms with van der Waals surface area (Å²) in [7, 11) is -10.1. The number of fused-ring (bicyclic) bond motifs is 1. The van der Waals surface area contributed by atoms with Crippen LogP contribution in [0.2, 0.25) is 0 Å². The van der Waals surface area contributed by atoms with Crippen LogP contribution < -0.4 is 21.1 Å². The van der Waals surface area contributed by atoms with E-state index in [2.05, 4.69) is 19.5 Å². The van der Waals surface area contributed by atoms with Crippen molar-refractivity contribution in [2.75, 3.05) is 18.2 Å². The molecule has 0 bridgehead atoms. The average Bonchev–Trinajstić information content (AvgIpc) is 3.06. The molecule has 6 unspecified atom stereocenters. The van der Waals surface area contributed by atoms with E-state index < -0.39 is 57.8 Å². The first-order chi connectivity index (χ1) is 12.9. The number of imidazole rings is 1. The Morgan fingerprint density at radius 1 is 1.36 bits per heavy atom. The predicted molar refractivity (Wildman–Crippen MR) is 86.7 cm³/mol. The van der Waals surface area contributed by atoms with Gasteiger partial charge in [0.2, 0.25) is 5.95 Å². The fourth-order valence-corrected chi connectivity index (χ4v) is 5.12. The second-order valence-electron chi connectivity index (χ2n) is 6.01. The second-order valence-corrected chi connectivity index (χ2v) is 9.89. The number of nitrogens with two attached hydrogens (primary N) is 1. The Balaban J connectivity index is 1.79. The van der Waals surface area contributed by atoms with E-state index in [0.29, 0.717) is 0 Å². The lowest BCUT2D eigenvalue weighted by Gasteiger charge is -2.29. The van der Waals surface area contributed by atoms with E-state index in [1.165, 1.54) is 0 Å². The van der Waals surface area contributed by atoms with Gasteiger partial charge < -0.3 is 49.0 Å². The van der Waals surface area contributed by atoms with Gasteiger partial charge in [0, 0.05) is 0 Å².